The fourth-order valence-electron chi connectivity index (χ4n) is 1.46. The Morgan fingerprint density at radius 3 is 2.93 bits per heavy atom. The van der Waals surface area contributed by atoms with E-state index in [2.05, 4.69) is 14.7 Å². The van der Waals surface area contributed by atoms with Crippen LogP contribution >= 0.6 is 0 Å². The van der Waals surface area contributed by atoms with Gasteiger partial charge in [-0.05, 0) is 12.1 Å². The fourth-order valence-corrected chi connectivity index (χ4v) is 1.46. The van der Waals surface area contributed by atoms with Gasteiger partial charge in [0, 0.05) is 6.20 Å². The lowest BCUT2D eigenvalue weighted by Gasteiger charge is -2.00. The Morgan fingerprint density at radius 2 is 2.27 bits per heavy atom. The predicted octanol–water partition coefficient (Wildman–Crippen LogP) is 1.36. The number of H-pyrrole nitrogens is 1. The normalized spacial score (nSPS) is 10.3. The van der Waals surface area contributed by atoms with Crippen molar-refractivity contribution in [3.8, 4) is 5.75 Å². The van der Waals surface area contributed by atoms with E-state index in [1.807, 2.05) is 6.07 Å². The van der Waals surface area contributed by atoms with Gasteiger partial charge in [-0.25, -0.2) is 9.78 Å². The summed E-state index contributed by atoms with van der Waals surface area (Å²) in [6.45, 7) is 0. The second kappa shape index (κ2) is 3.61. The first-order chi connectivity index (χ1) is 7.27. The number of aromatic amines is 1. The molecule has 0 aliphatic heterocycles. The number of esters is 1. The number of hydrogen-bond acceptors (Lipinski definition) is 4. The monoisotopic (exact) mass is 206 g/mol. The number of carbonyl (C=O) groups is 1. The maximum atomic E-state index is 11.4. The second-order valence-corrected chi connectivity index (χ2v) is 2.92. The minimum atomic E-state index is -0.468. The van der Waals surface area contributed by atoms with Crippen molar-refractivity contribution in [2.24, 2.45) is 0 Å². The van der Waals surface area contributed by atoms with Gasteiger partial charge in [0.15, 0.2) is 11.4 Å². The molecule has 2 rings (SSSR count). The van der Waals surface area contributed by atoms with E-state index in [0.29, 0.717) is 11.4 Å². The lowest BCUT2D eigenvalue weighted by molar-refractivity contribution is 0.0591. The number of fused-ring (bicyclic) bond motifs is 1. The molecule has 0 unspecified atom stereocenters. The molecule has 0 aliphatic rings. The Bertz CT molecular complexity index is 504. The minimum absolute atomic E-state index is 0.286. The third kappa shape index (κ3) is 1.41. The number of nitrogens with one attached hydrogen (secondary N) is 1. The van der Waals surface area contributed by atoms with Gasteiger partial charge in [-0.3, -0.25) is 0 Å². The van der Waals surface area contributed by atoms with Crippen molar-refractivity contribution < 1.29 is 14.3 Å². The maximum Gasteiger partial charge on any atom is 0.358 e. The lowest BCUT2D eigenvalue weighted by Crippen LogP contribution is -2.03. The number of ether oxygens (including phenoxy) is 2. The van der Waals surface area contributed by atoms with Gasteiger partial charge in [0.25, 0.3) is 0 Å². The molecule has 2 aromatic heterocycles. The van der Waals surface area contributed by atoms with Crippen LogP contribution in [0.5, 0.6) is 5.75 Å². The van der Waals surface area contributed by atoms with Gasteiger partial charge in [-0.1, -0.05) is 0 Å². The largest absolute Gasteiger partial charge is 0.494 e. The minimum Gasteiger partial charge on any atom is -0.494 e. The van der Waals surface area contributed by atoms with Gasteiger partial charge in [-0.15, -0.1) is 0 Å². The number of carbonyl (C=O) groups excluding carboxylic acids is 1. The molecule has 0 aromatic carbocycles. The summed E-state index contributed by atoms with van der Waals surface area (Å²) in [5.74, 6) is -0.00481. The summed E-state index contributed by atoms with van der Waals surface area (Å²) in [5, 5.41) is 0.764. The quantitative estimate of drug-likeness (QED) is 0.753. The standard InChI is InChI=1S/C10H10N2O3/c1-14-8-6-4-3-5-11-9(6)12-7(8)10(13)15-2/h3-5H,1-2H3,(H,11,12). The van der Waals surface area contributed by atoms with Crippen LogP contribution < -0.4 is 4.74 Å². The van der Waals surface area contributed by atoms with E-state index >= 15 is 0 Å². The number of rotatable bonds is 2. The molecule has 78 valence electrons. The lowest BCUT2D eigenvalue weighted by atomic mass is 10.3. The SMILES string of the molecule is COC(=O)c1[nH]c2ncccc2c1OC. The first kappa shape index (κ1) is 9.51. The van der Waals surface area contributed by atoms with Crippen molar-refractivity contribution in [2.45, 2.75) is 0 Å². The molecule has 15 heavy (non-hydrogen) atoms. The van der Waals surface area contributed by atoms with E-state index in [9.17, 15) is 4.79 Å². The molecular weight excluding hydrogens is 196 g/mol. The summed E-state index contributed by atoms with van der Waals surface area (Å²) in [7, 11) is 2.82. The number of nitrogens with zero attached hydrogens (tertiary/aromatic N) is 1. The van der Waals surface area contributed by atoms with E-state index in [1.165, 1.54) is 14.2 Å². The van der Waals surface area contributed by atoms with Crippen LogP contribution in [0.3, 0.4) is 0 Å². The van der Waals surface area contributed by atoms with Crippen LogP contribution in [0.15, 0.2) is 18.3 Å². The Kier molecular flexibility index (Phi) is 2.29. The third-order valence-electron chi connectivity index (χ3n) is 2.12. The Hall–Kier alpha value is -2.04. The molecule has 0 bridgehead atoms. The molecular formula is C10H10N2O3. The topological polar surface area (TPSA) is 64.2 Å². The molecule has 2 aromatic rings. The second-order valence-electron chi connectivity index (χ2n) is 2.92. The van der Waals surface area contributed by atoms with Crippen molar-refractivity contribution in [1.82, 2.24) is 9.97 Å². The molecule has 0 spiro atoms. The van der Waals surface area contributed by atoms with Crippen molar-refractivity contribution in [1.29, 1.82) is 0 Å². The van der Waals surface area contributed by atoms with Crippen LogP contribution in [0.25, 0.3) is 11.0 Å². The van der Waals surface area contributed by atoms with Crippen LogP contribution in [-0.2, 0) is 4.74 Å². The predicted molar refractivity (Wildman–Crippen MR) is 54.0 cm³/mol. The summed E-state index contributed by atoms with van der Waals surface area (Å²) in [6, 6.07) is 3.60. The molecule has 0 radical (unpaired) electrons. The first-order valence-electron chi connectivity index (χ1n) is 4.37. The highest BCUT2D eigenvalue weighted by Crippen LogP contribution is 2.28. The number of hydrogen-bond donors (Lipinski definition) is 1. The molecule has 0 amide bonds. The summed E-state index contributed by atoms with van der Waals surface area (Å²) in [4.78, 5) is 18.3. The summed E-state index contributed by atoms with van der Waals surface area (Å²) >= 11 is 0. The van der Waals surface area contributed by atoms with Crippen molar-refractivity contribution in [3.63, 3.8) is 0 Å². The van der Waals surface area contributed by atoms with E-state index < -0.39 is 5.97 Å². The molecule has 0 fully saturated rings. The number of pyridine rings is 1. The average Bonchev–Trinajstić information content (AvgIpc) is 2.66. The molecule has 0 saturated carbocycles. The van der Waals surface area contributed by atoms with E-state index in [-0.39, 0.29) is 5.69 Å². The van der Waals surface area contributed by atoms with Gasteiger partial charge in [-0.2, -0.15) is 0 Å². The number of aromatic nitrogens is 2. The van der Waals surface area contributed by atoms with Crippen molar-refractivity contribution in [3.05, 3.63) is 24.0 Å². The third-order valence-corrected chi connectivity index (χ3v) is 2.12. The van der Waals surface area contributed by atoms with E-state index in [0.717, 1.165) is 5.39 Å². The molecule has 0 saturated heterocycles. The Labute approximate surface area is 86.0 Å². The van der Waals surface area contributed by atoms with Crippen molar-refractivity contribution >= 4 is 17.0 Å². The zero-order valence-corrected chi connectivity index (χ0v) is 8.40. The molecule has 1 N–H and O–H groups in total. The Balaban J connectivity index is 2.69. The van der Waals surface area contributed by atoms with Gasteiger partial charge < -0.3 is 14.5 Å². The smallest absolute Gasteiger partial charge is 0.358 e. The highest BCUT2D eigenvalue weighted by molar-refractivity contribution is 5.99. The van der Waals surface area contributed by atoms with Crippen LogP contribution in [0.4, 0.5) is 0 Å². The zero-order chi connectivity index (χ0) is 10.8. The molecule has 0 aliphatic carbocycles. The maximum absolute atomic E-state index is 11.4. The fraction of sp³-hybridized carbons (Fsp3) is 0.200. The highest BCUT2D eigenvalue weighted by Gasteiger charge is 2.19. The summed E-state index contributed by atoms with van der Waals surface area (Å²) in [6.07, 6.45) is 1.64. The average molecular weight is 206 g/mol. The van der Waals surface area contributed by atoms with Crippen LogP contribution in [0.2, 0.25) is 0 Å². The zero-order valence-electron chi connectivity index (χ0n) is 8.40. The molecule has 5 nitrogen and oxygen atoms in total. The van der Waals surface area contributed by atoms with Gasteiger partial charge >= 0.3 is 5.97 Å². The summed E-state index contributed by atoms with van der Waals surface area (Å²) in [5.41, 5.74) is 0.892. The molecule has 0 atom stereocenters. The van der Waals surface area contributed by atoms with Crippen molar-refractivity contribution in [2.75, 3.05) is 14.2 Å². The Morgan fingerprint density at radius 1 is 1.47 bits per heavy atom. The van der Waals surface area contributed by atoms with Crippen LogP contribution in [0, 0.1) is 0 Å². The number of methoxy groups -OCH3 is 2. The van der Waals surface area contributed by atoms with Gasteiger partial charge in [0.05, 0.1) is 19.6 Å². The molecule has 5 heteroatoms. The van der Waals surface area contributed by atoms with Gasteiger partial charge in [0.2, 0.25) is 0 Å². The van der Waals surface area contributed by atoms with Crippen LogP contribution in [-0.4, -0.2) is 30.2 Å². The molecule has 2 heterocycles. The van der Waals surface area contributed by atoms with E-state index in [4.69, 9.17) is 4.74 Å². The first-order valence-corrected chi connectivity index (χ1v) is 4.37. The van der Waals surface area contributed by atoms with E-state index in [1.54, 1.807) is 12.3 Å². The van der Waals surface area contributed by atoms with Crippen LogP contribution in [0.1, 0.15) is 10.5 Å². The highest BCUT2D eigenvalue weighted by atomic mass is 16.5. The van der Waals surface area contributed by atoms with Gasteiger partial charge in [0.1, 0.15) is 5.65 Å². The summed E-state index contributed by atoms with van der Waals surface area (Å²) < 4.78 is 9.78.